The van der Waals surface area contributed by atoms with Crippen molar-refractivity contribution in [3.05, 3.63) is 29.6 Å². The minimum atomic E-state index is -0.402. The summed E-state index contributed by atoms with van der Waals surface area (Å²) >= 11 is 0. The van der Waals surface area contributed by atoms with Crippen molar-refractivity contribution < 1.29 is 9.59 Å². The average molecular weight is 290 g/mol. The van der Waals surface area contributed by atoms with E-state index in [-0.39, 0.29) is 11.9 Å². The van der Waals surface area contributed by atoms with Crippen molar-refractivity contribution in [2.24, 2.45) is 0 Å². The van der Waals surface area contributed by atoms with Gasteiger partial charge in [0.05, 0.1) is 12.2 Å². The molecule has 1 aliphatic heterocycles. The van der Waals surface area contributed by atoms with Crippen LogP contribution in [0, 0.1) is 0 Å². The number of likely N-dealkylation sites (tertiary alicyclic amines) is 1. The number of pyridine rings is 1. The lowest BCUT2D eigenvalue weighted by Gasteiger charge is -2.20. The Labute approximate surface area is 125 Å². The summed E-state index contributed by atoms with van der Waals surface area (Å²) in [6.45, 7) is 3.19. The third-order valence-electron chi connectivity index (χ3n) is 3.77. The van der Waals surface area contributed by atoms with E-state index in [2.05, 4.69) is 17.2 Å². The van der Waals surface area contributed by atoms with E-state index in [9.17, 15) is 9.59 Å². The number of carbonyl (C=O) groups is 2. The number of aromatic nitrogens is 1. The van der Waals surface area contributed by atoms with Crippen molar-refractivity contribution in [2.75, 3.05) is 20.6 Å². The zero-order valence-electron chi connectivity index (χ0n) is 12.8. The van der Waals surface area contributed by atoms with Crippen molar-refractivity contribution in [2.45, 2.75) is 32.4 Å². The van der Waals surface area contributed by atoms with Crippen LogP contribution in [-0.4, -0.2) is 53.4 Å². The summed E-state index contributed by atoms with van der Waals surface area (Å²) in [5, 5.41) is 2.77. The highest BCUT2D eigenvalue weighted by molar-refractivity contribution is 5.88. The van der Waals surface area contributed by atoms with Gasteiger partial charge in [-0.1, -0.05) is 13.0 Å². The maximum atomic E-state index is 12.1. The maximum absolute atomic E-state index is 12.1. The van der Waals surface area contributed by atoms with E-state index in [1.54, 1.807) is 23.9 Å². The number of aryl methyl sites for hydroxylation is 1. The Morgan fingerprint density at radius 3 is 2.81 bits per heavy atom. The van der Waals surface area contributed by atoms with Gasteiger partial charge in [0, 0.05) is 26.8 Å². The fourth-order valence-electron chi connectivity index (χ4n) is 2.29. The Hall–Kier alpha value is -2.11. The molecule has 21 heavy (non-hydrogen) atoms. The van der Waals surface area contributed by atoms with Crippen LogP contribution in [0.3, 0.4) is 0 Å². The van der Waals surface area contributed by atoms with Gasteiger partial charge >= 0.3 is 6.03 Å². The quantitative estimate of drug-likeness (QED) is 0.900. The average Bonchev–Trinajstić information content (AvgIpc) is 2.80. The molecule has 0 radical (unpaired) electrons. The van der Waals surface area contributed by atoms with E-state index in [4.69, 9.17) is 0 Å². The van der Waals surface area contributed by atoms with Crippen LogP contribution in [0.2, 0.25) is 0 Å². The van der Waals surface area contributed by atoms with E-state index >= 15 is 0 Å². The molecule has 2 heterocycles. The summed E-state index contributed by atoms with van der Waals surface area (Å²) < 4.78 is 0. The standard InChI is InChI=1S/C15H22N4O2/c1-4-11-5-6-12(16-9-11)10-19(3)15(21)17-13-7-8-18(2)14(13)20/h5-6,9,13H,4,7-8,10H2,1-3H3,(H,17,21)/t13-/m1/s1. The normalized spacial score (nSPS) is 18.0. The van der Waals surface area contributed by atoms with Crippen molar-refractivity contribution in [1.82, 2.24) is 20.1 Å². The van der Waals surface area contributed by atoms with Crippen LogP contribution in [0.1, 0.15) is 24.6 Å². The molecule has 1 aliphatic rings. The molecule has 1 atom stereocenters. The zero-order valence-corrected chi connectivity index (χ0v) is 12.8. The van der Waals surface area contributed by atoms with E-state index in [1.807, 2.05) is 18.3 Å². The fraction of sp³-hybridized carbons (Fsp3) is 0.533. The lowest BCUT2D eigenvalue weighted by molar-refractivity contribution is -0.128. The molecule has 1 aromatic rings. The Bertz CT molecular complexity index is 515. The minimum absolute atomic E-state index is 0.0258. The van der Waals surface area contributed by atoms with Gasteiger partial charge in [-0.05, 0) is 24.5 Å². The highest BCUT2D eigenvalue weighted by Crippen LogP contribution is 2.09. The van der Waals surface area contributed by atoms with Gasteiger partial charge in [0.15, 0.2) is 0 Å². The number of nitrogens with one attached hydrogen (secondary N) is 1. The molecule has 0 saturated carbocycles. The van der Waals surface area contributed by atoms with Crippen molar-refractivity contribution in [3.63, 3.8) is 0 Å². The van der Waals surface area contributed by atoms with Crippen LogP contribution < -0.4 is 5.32 Å². The minimum Gasteiger partial charge on any atom is -0.344 e. The van der Waals surface area contributed by atoms with Gasteiger partial charge in [-0.2, -0.15) is 0 Å². The fourth-order valence-corrected chi connectivity index (χ4v) is 2.29. The SMILES string of the molecule is CCc1ccc(CN(C)C(=O)N[C@@H]2CCN(C)C2=O)nc1. The number of nitrogens with zero attached hydrogens (tertiary/aromatic N) is 3. The van der Waals surface area contributed by atoms with E-state index in [1.165, 1.54) is 5.56 Å². The molecule has 0 unspecified atom stereocenters. The molecule has 1 fully saturated rings. The highest BCUT2D eigenvalue weighted by Gasteiger charge is 2.30. The summed E-state index contributed by atoms with van der Waals surface area (Å²) in [6.07, 6.45) is 3.44. The Morgan fingerprint density at radius 2 is 2.29 bits per heavy atom. The topological polar surface area (TPSA) is 65.5 Å². The van der Waals surface area contributed by atoms with Gasteiger partial charge in [-0.3, -0.25) is 9.78 Å². The van der Waals surface area contributed by atoms with Gasteiger partial charge in [-0.15, -0.1) is 0 Å². The summed E-state index contributed by atoms with van der Waals surface area (Å²) in [5.41, 5.74) is 2.00. The second-order valence-corrected chi connectivity index (χ2v) is 5.42. The van der Waals surface area contributed by atoms with Crippen LogP contribution in [0.15, 0.2) is 18.3 Å². The molecule has 114 valence electrons. The monoisotopic (exact) mass is 290 g/mol. The van der Waals surface area contributed by atoms with Gasteiger partial charge < -0.3 is 15.1 Å². The molecule has 0 aromatic carbocycles. The van der Waals surface area contributed by atoms with Crippen molar-refractivity contribution in [1.29, 1.82) is 0 Å². The molecule has 3 amide bonds. The van der Waals surface area contributed by atoms with Crippen molar-refractivity contribution in [3.8, 4) is 0 Å². The first kappa shape index (κ1) is 15.3. The Morgan fingerprint density at radius 1 is 1.52 bits per heavy atom. The summed E-state index contributed by atoms with van der Waals surface area (Å²) in [6, 6.07) is 3.30. The molecule has 1 N–H and O–H groups in total. The lowest BCUT2D eigenvalue weighted by atomic mass is 10.2. The lowest BCUT2D eigenvalue weighted by Crippen LogP contribution is -2.46. The smallest absolute Gasteiger partial charge is 0.318 e. The molecule has 2 rings (SSSR count). The number of urea groups is 1. The molecule has 6 heteroatoms. The van der Waals surface area contributed by atoms with Crippen LogP contribution in [-0.2, 0) is 17.8 Å². The van der Waals surface area contributed by atoms with Crippen LogP contribution in [0.5, 0.6) is 0 Å². The van der Waals surface area contributed by atoms with Crippen LogP contribution >= 0.6 is 0 Å². The van der Waals surface area contributed by atoms with Crippen molar-refractivity contribution >= 4 is 11.9 Å². The zero-order chi connectivity index (χ0) is 15.4. The number of carbonyl (C=O) groups excluding carboxylic acids is 2. The van der Waals surface area contributed by atoms with Crippen LogP contribution in [0.25, 0.3) is 0 Å². The number of hydrogen-bond donors (Lipinski definition) is 1. The van der Waals surface area contributed by atoms with Gasteiger partial charge in [-0.25, -0.2) is 4.79 Å². The Balaban J connectivity index is 1.88. The molecule has 1 saturated heterocycles. The van der Waals surface area contributed by atoms with Gasteiger partial charge in [0.25, 0.3) is 0 Å². The molecule has 0 bridgehead atoms. The Kier molecular flexibility index (Phi) is 4.77. The van der Waals surface area contributed by atoms with Crippen LogP contribution in [0.4, 0.5) is 4.79 Å². The van der Waals surface area contributed by atoms with Gasteiger partial charge in [0.2, 0.25) is 5.91 Å². The molecule has 1 aromatic heterocycles. The largest absolute Gasteiger partial charge is 0.344 e. The third-order valence-corrected chi connectivity index (χ3v) is 3.77. The number of amides is 3. The van der Waals surface area contributed by atoms with E-state index in [0.29, 0.717) is 19.5 Å². The molecular formula is C15H22N4O2. The molecule has 0 spiro atoms. The summed E-state index contributed by atoms with van der Waals surface area (Å²) in [4.78, 5) is 31.4. The second-order valence-electron chi connectivity index (χ2n) is 5.42. The maximum Gasteiger partial charge on any atom is 0.318 e. The third kappa shape index (κ3) is 3.71. The molecule has 6 nitrogen and oxygen atoms in total. The van der Waals surface area contributed by atoms with Gasteiger partial charge in [0.1, 0.15) is 6.04 Å². The first-order valence-electron chi connectivity index (χ1n) is 7.21. The second kappa shape index (κ2) is 6.56. The highest BCUT2D eigenvalue weighted by atomic mass is 16.2. The van der Waals surface area contributed by atoms with E-state index < -0.39 is 6.04 Å². The number of rotatable bonds is 4. The first-order chi connectivity index (χ1) is 10.0. The molecule has 0 aliphatic carbocycles. The summed E-state index contributed by atoms with van der Waals surface area (Å²) in [5.74, 6) is -0.0258. The predicted molar refractivity (Wildman–Crippen MR) is 79.7 cm³/mol. The predicted octanol–water partition coefficient (Wildman–Crippen LogP) is 1.02. The molecular weight excluding hydrogens is 268 g/mol. The first-order valence-corrected chi connectivity index (χ1v) is 7.21. The summed E-state index contributed by atoms with van der Waals surface area (Å²) in [7, 11) is 3.45. The number of hydrogen-bond acceptors (Lipinski definition) is 3. The number of likely N-dealkylation sites (N-methyl/N-ethyl adjacent to an activating group) is 1. The van der Waals surface area contributed by atoms with E-state index in [0.717, 1.165) is 12.1 Å².